The van der Waals surface area contributed by atoms with E-state index in [1.54, 1.807) is 0 Å². The van der Waals surface area contributed by atoms with Gasteiger partial charge in [0.05, 0.1) is 6.61 Å². The van der Waals surface area contributed by atoms with Gasteiger partial charge < -0.3 is 9.53 Å². The Hall–Kier alpha value is -0.860. The molecular weight excluding hydrogens is 216 g/mol. The zero-order chi connectivity index (χ0) is 12.9. The Morgan fingerprint density at radius 3 is 2.29 bits per heavy atom. The number of esters is 1. The van der Waals surface area contributed by atoms with Gasteiger partial charge in [-0.15, -0.1) is 0 Å². The lowest BCUT2D eigenvalue weighted by molar-refractivity contribution is -0.143. The van der Waals surface area contributed by atoms with Crippen molar-refractivity contribution in [2.24, 2.45) is 5.92 Å². The second kappa shape index (κ2) is 11.6. The van der Waals surface area contributed by atoms with Crippen LogP contribution in [0, 0.1) is 5.92 Å². The van der Waals surface area contributed by atoms with Gasteiger partial charge in [-0.05, 0) is 19.8 Å². The first-order valence-electron chi connectivity index (χ1n) is 6.81. The van der Waals surface area contributed by atoms with E-state index in [4.69, 9.17) is 4.74 Å². The molecule has 0 aliphatic heterocycles. The molecule has 0 N–H and O–H groups in total. The third-order valence-electron chi connectivity index (χ3n) is 2.83. The summed E-state index contributed by atoms with van der Waals surface area (Å²) in [5.41, 5.74) is 0. The number of hydrogen-bond donors (Lipinski definition) is 0. The maximum Gasteiger partial charge on any atom is 0.305 e. The first kappa shape index (κ1) is 16.1. The molecule has 3 nitrogen and oxygen atoms in total. The Morgan fingerprint density at radius 2 is 1.71 bits per heavy atom. The van der Waals surface area contributed by atoms with Gasteiger partial charge in [0.15, 0.2) is 0 Å². The number of carbonyl (C=O) groups excluding carboxylic acids is 2. The molecule has 100 valence electrons. The van der Waals surface area contributed by atoms with Gasteiger partial charge in [0, 0.05) is 12.3 Å². The molecule has 17 heavy (non-hydrogen) atoms. The van der Waals surface area contributed by atoms with E-state index in [2.05, 4.69) is 0 Å². The first-order valence-corrected chi connectivity index (χ1v) is 6.81. The summed E-state index contributed by atoms with van der Waals surface area (Å²) in [6.45, 7) is 4.28. The summed E-state index contributed by atoms with van der Waals surface area (Å²) in [5, 5.41) is 0. The molecule has 0 aromatic heterocycles. The Morgan fingerprint density at radius 1 is 1.12 bits per heavy atom. The van der Waals surface area contributed by atoms with Crippen molar-refractivity contribution in [1.82, 2.24) is 0 Å². The maximum atomic E-state index is 11.0. The first-order chi connectivity index (χ1) is 8.20. The summed E-state index contributed by atoms with van der Waals surface area (Å²) in [6, 6.07) is 0. The number of carbonyl (C=O) groups is 2. The van der Waals surface area contributed by atoms with Crippen LogP contribution < -0.4 is 0 Å². The van der Waals surface area contributed by atoms with Crippen LogP contribution in [0.2, 0.25) is 0 Å². The molecule has 0 radical (unpaired) electrons. The van der Waals surface area contributed by atoms with Crippen molar-refractivity contribution < 1.29 is 14.3 Å². The van der Waals surface area contributed by atoms with Crippen LogP contribution in [0.3, 0.4) is 0 Å². The Kier molecular flexibility index (Phi) is 11.0. The van der Waals surface area contributed by atoms with Crippen molar-refractivity contribution in [2.75, 3.05) is 6.61 Å². The Labute approximate surface area is 105 Å². The summed E-state index contributed by atoms with van der Waals surface area (Å²) in [7, 11) is 0. The van der Waals surface area contributed by atoms with Crippen LogP contribution >= 0.6 is 0 Å². The molecule has 0 saturated heterocycles. The molecule has 0 heterocycles. The molecule has 0 amide bonds. The largest absolute Gasteiger partial charge is 0.466 e. The van der Waals surface area contributed by atoms with Gasteiger partial charge in [-0.2, -0.15) is 0 Å². The Bertz CT molecular complexity index is 202. The lowest BCUT2D eigenvalue weighted by atomic mass is 10.0. The fraction of sp³-hybridized carbons (Fsp3) is 0.857. The minimum Gasteiger partial charge on any atom is -0.466 e. The highest BCUT2D eigenvalue weighted by Crippen LogP contribution is 2.11. The standard InChI is InChI=1S/C14H26O3/c1-3-17-14(16)11-9-7-5-4-6-8-10-13(2)12-15/h12-13H,3-11H2,1-2H3. The maximum absolute atomic E-state index is 11.0. The van der Waals surface area contributed by atoms with E-state index in [0.717, 1.165) is 32.0 Å². The number of rotatable bonds is 11. The average Bonchev–Trinajstić information content (AvgIpc) is 2.32. The lowest BCUT2D eigenvalue weighted by Crippen LogP contribution is -2.03. The summed E-state index contributed by atoms with van der Waals surface area (Å²) >= 11 is 0. The van der Waals surface area contributed by atoms with Crippen molar-refractivity contribution in [3.8, 4) is 0 Å². The third-order valence-corrected chi connectivity index (χ3v) is 2.83. The zero-order valence-electron chi connectivity index (χ0n) is 11.2. The number of aldehydes is 1. The number of hydrogen-bond acceptors (Lipinski definition) is 3. The highest BCUT2D eigenvalue weighted by molar-refractivity contribution is 5.69. The van der Waals surface area contributed by atoms with Gasteiger partial charge in [-0.25, -0.2) is 0 Å². The Balaban J connectivity index is 3.13. The second-order valence-electron chi connectivity index (χ2n) is 4.58. The van der Waals surface area contributed by atoms with Crippen molar-refractivity contribution in [3.05, 3.63) is 0 Å². The smallest absolute Gasteiger partial charge is 0.305 e. The quantitative estimate of drug-likeness (QED) is 0.316. The van der Waals surface area contributed by atoms with E-state index in [-0.39, 0.29) is 11.9 Å². The van der Waals surface area contributed by atoms with Crippen LogP contribution in [0.4, 0.5) is 0 Å². The van der Waals surface area contributed by atoms with Gasteiger partial charge in [0.1, 0.15) is 6.29 Å². The van der Waals surface area contributed by atoms with Crippen molar-refractivity contribution in [2.45, 2.75) is 65.2 Å². The molecule has 0 aromatic rings. The van der Waals surface area contributed by atoms with Crippen LogP contribution in [-0.4, -0.2) is 18.9 Å². The topological polar surface area (TPSA) is 43.4 Å². The molecular formula is C14H26O3. The highest BCUT2D eigenvalue weighted by atomic mass is 16.5. The van der Waals surface area contributed by atoms with E-state index in [1.165, 1.54) is 19.3 Å². The van der Waals surface area contributed by atoms with E-state index >= 15 is 0 Å². The van der Waals surface area contributed by atoms with Crippen LogP contribution in [0.15, 0.2) is 0 Å². The summed E-state index contributed by atoms with van der Waals surface area (Å²) < 4.78 is 4.85. The SMILES string of the molecule is CCOC(=O)CCCCCCCCC(C)C=O. The summed E-state index contributed by atoms with van der Waals surface area (Å²) in [6.07, 6.45) is 9.33. The monoisotopic (exact) mass is 242 g/mol. The van der Waals surface area contributed by atoms with Crippen LogP contribution in [0.25, 0.3) is 0 Å². The molecule has 0 bridgehead atoms. The van der Waals surface area contributed by atoms with Crippen LogP contribution in [0.1, 0.15) is 65.2 Å². The molecule has 0 aliphatic rings. The lowest BCUT2D eigenvalue weighted by Gasteiger charge is -2.04. The highest BCUT2D eigenvalue weighted by Gasteiger charge is 2.01. The van der Waals surface area contributed by atoms with Crippen molar-refractivity contribution in [3.63, 3.8) is 0 Å². The molecule has 0 aliphatic carbocycles. The molecule has 0 rings (SSSR count). The van der Waals surface area contributed by atoms with E-state index in [1.807, 2.05) is 13.8 Å². The second-order valence-corrected chi connectivity index (χ2v) is 4.58. The van der Waals surface area contributed by atoms with Gasteiger partial charge in [-0.1, -0.05) is 39.0 Å². The minimum atomic E-state index is -0.0766. The van der Waals surface area contributed by atoms with Crippen molar-refractivity contribution >= 4 is 12.3 Å². The molecule has 0 aromatic carbocycles. The van der Waals surface area contributed by atoms with E-state index < -0.39 is 0 Å². The summed E-state index contributed by atoms with van der Waals surface area (Å²) in [5.74, 6) is 0.131. The predicted octanol–water partition coefficient (Wildman–Crippen LogP) is 3.51. The van der Waals surface area contributed by atoms with E-state index in [0.29, 0.717) is 13.0 Å². The fourth-order valence-electron chi connectivity index (χ4n) is 1.74. The van der Waals surface area contributed by atoms with Gasteiger partial charge in [0.25, 0.3) is 0 Å². The molecule has 1 atom stereocenters. The summed E-state index contributed by atoms with van der Waals surface area (Å²) in [4.78, 5) is 21.4. The van der Waals surface area contributed by atoms with Crippen LogP contribution in [0.5, 0.6) is 0 Å². The normalized spacial score (nSPS) is 12.1. The molecule has 0 saturated carbocycles. The molecule has 0 spiro atoms. The fourth-order valence-corrected chi connectivity index (χ4v) is 1.74. The minimum absolute atomic E-state index is 0.0766. The third kappa shape index (κ3) is 11.4. The van der Waals surface area contributed by atoms with Crippen LogP contribution in [-0.2, 0) is 14.3 Å². The zero-order valence-corrected chi connectivity index (χ0v) is 11.2. The van der Waals surface area contributed by atoms with E-state index in [9.17, 15) is 9.59 Å². The van der Waals surface area contributed by atoms with Gasteiger partial charge in [-0.3, -0.25) is 4.79 Å². The number of unbranched alkanes of at least 4 members (excludes halogenated alkanes) is 5. The average molecular weight is 242 g/mol. The van der Waals surface area contributed by atoms with Gasteiger partial charge in [0.2, 0.25) is 0 Å². The van der Waals surface area contributed by atoms with Crippen molar-refractivity contribution in [1.29, 1.82) is 0 Å². The molecule has 0 fully saturated rings. The predicted molar refractivity (Wildman–Crippen MR) is 68.8 cm³/mol. The molecule has 3 heteroatoms. The molecule has 1 unspecified atom stereocenters. The van der Waals surface area contributed by atoms with Gasteiger partial charge >= 0.3 is 5.97 Å². The number of ether oxygens (including phenoxy) is 1.